The van der Waals surface area contributed by atoms with Crippen molar-refractivity contribution in [2.75, 3.05) is 32.1 Å². The van der Waals surface area contributed by atoms with Crippen LogP contribution >= 0.6 is 11.6 Å². The van der Waals surface area contributed by atoms with Crippen molar-refractivity contribution >= 4 is 29.2 Å². The number of esters is 1. The number of amides is 1. The number of methoxy groups -OCH3 is 1. The first-order chi connectivity index (χ1) is 10.5. The first-order valence-corrected chi connectivity index (χ1v) is 7.10. The summed E-state index contributed by atoms with van der Waals surface area (Å²) < 4.78 is 4.72. The average molecular weight is 325 g/mol. The van der Waals surface area contributed by atoms with Gasteiger partial charge in [-0.3, -0.25) is 4.79 Å². The van der Waals surface area contributed by atoms with Crippen molar-refractivity contribution < 1.29 is 19.4 Å². The molecule has 0 saturated heterocycles. The van der Waals surface area contributed by atoms with Gasteiger partial charge in [0.2, 0.25) is 0 Å². The zero-order valence-corrected chi connectivity index (χ0v) is 13.1. The fourth-order valence-electron chi connectivity index (χ4n) is 2.30. The van der Waals surface area contributed by atoms with Crippen LogP contribution in [0.15, 0.2) is 29.5 Å². The summed E-state index contributed by atoms with van der Waals surface area (Å²) in [6.45, 7) is 1.96. The molecule has 0 radical (unpaired) electrons. The zero-order valence-electron chi connectivity index (χ0n) is 12.4. The van der Waals surface area contributed by atoms with E-state index in [0.29, 0.717) is 10.7 Å². The maximum Gasteiger partial charge on any atom is 0.337 e. The Labute approximate surface area is 133 Å². The second-order valence-electron chi connectivity index (χ2n) is 4.94. The molecular formula is C15H17ClN2O4. The summed E-state index contributed by atoms with van der Waals surface area (Å²) in [7, 11) is 1.26. The Balaban J connectivity index is 2.34. The van der Waals surface area contributed by atoms with Crippen molar-refractivity contribution in [1.82, 2.24) is 4.90 Å². The number of aliphatic hydroxyl groups excluding tert-OH is 1. The quantitative estimate of drug-likeness (QED) is 0.799. The van der Waals surface area contributed by atoms with Crippen molar-refractivity contribution in [1.29, 1.82) is 0 Å². The van der Waals surface area contributed by atoms with Crippen LogP contribution < -0.4 is 5.32 Å². The first kappa shape index (κ1) is 16.3. The molecule has 0 atom stereocenters. The van der Waals surface area contributed by atoms with Crippen LogP contribution in [0.25, 0.3) is 0 Å². The van der Waals surface area contributed by atoms with E-state index in [2.05, 4.69) is 5.32 Å². The monoisotopic (exact) mass is 324 g/mol. The molecule has 22 heavy (non-hydrogen) atoms. The smallest absolute Gasteiger partial charge is 0.337 e. The molecule has 1 aliphatic rings. The number of carbonyl (C=O) groups excluding carboxylic acids is 2. The van der Waals surface area contributed by atoms with Crippen LogP contribution in [0.3, 0.4) is 0 Å². The van der Waals surface area contributed by atoms with Gasteiger partial charge >= 0.3 is 5.97 Å². The predicted octanol–water partition coefficient (Wildman–Crippen LogP) is 1.32. The predicted molar refractivity (Wildman–Crippen MR) is 82.5 cm³/mol. The molecule has 1 heterocycles. The molecule has 0 aromatic heterocycles. The van der Waals surface area contributed by atoms with Gasteiger partial charge < -0.3 is 20.1 Å². The molecular weight excluding hydrogens is 308 g/mol. The lowest BCUT2D eigenvalue weighted by Crippen LogP contribution is -2.31. The van der Waals surface area contributed by atoms with Crippen molar-refractivity contribution in [3.63, 3.8) is 0 Å². The number of hydrogen-bond donors (Lipinski definition) is 2. The molecule has 7 heteroatoms. The molecule has 1 aliphatic heterocycles. The molecule has 0 fully saturated rings. The lowest BCUT2D eigenvalue weighted by Gasteiger charge is -2.15. The molecule has 6 nitrogen and oxygen atoms in total. The Bertz CT molecular complexity index is 622. The highest BCUT2D eigenvalue weighted by Crippen LogP contribution is 2.25. The number of nitrogens with zero attached hydrogens (tertiary/aromatic N) is 1. The lowest BCUT2D eigenvalue weighted by molar-refractivity contribution is -0.136. The molecule has 2 N–H and O–H groups in total. The minimum Gasteiger partial charge on any atom is -0.466 e. The second-order valence-corrected chi connectivity index (χ2v) is 5.37. The van der Waals surface area contributed by atoms with Gasteiger partial charge in [0, 0.05) is 17.3 Å². The molecule has 2 rings (SSSR count). The summed E-state index contributed by atoms with van der Waals surface area (Å²) in [6.07, 6.45) is 0. The number of β-amino-alcohol motifs (C(OH)–C–C–N with tert-alkyl or cyclic N) is 1. The van der Waals surface area contributed by atoms with Gasteiger partial charge in [-0.25, -0.2) is 4.79 Å². The fourth-order valence-corrected chi connectivity index (χ4v) is 2.59. The van der Waals surface area contributed by atoms with Crippen LogP contribution in [-0.4, -0.2) is 48.7 Å². The standard InChI is InChI=1S/C15H17ClN2O4/c1-9-5-10(16)7-11(6-9)17-13-12(15(21)22-2)8-18(3-4-19)14(13)20/h5-7,17,19H,3-4,8H2,1-2H3. The average Bonchev–Trinajstić information content (AvgIpc) is 2.75. The van der Waals surface area contributed by atoms with E-state index >= 15 is 0 Å². The number of benzene rings is 1. The van der Waals surface area contributed by atoms with Crippen LogP contribution in [0.4, 0.5) is 5.69 Å². The number of halogens is 1. The Morgan fingerprint density at radius 2 is 2.18 bits per heavy atom. The summed E-state index contributed by atoms with van der Waals surface area (Å²) in [6, 6.07) is 5.27. The molecule has 0 spiro atoms. The molecule has 0 aliphatic carbocycles. The van der Waals surface area contributed by atoms with Gasteiger partial charge in [-0.2, -0.15) is 0 Å². The number of nitrogens with one attached hydrogen (secondary N) is 1. The van der Waals surface area contributed by atoms with Crippen LogP contribution in [0.1, 0.15) is 5.56 Å². The van der Waals surface area contributed by atoms with Crippen LogP contribution in [0.2, 0.25) is 5.02 Å². The fraction of sp³-hybridized carbons (Fsp3) is 0.333. The Morgan fingerprint density at radius 1 is 1.45 bits per heavy atom. The number of hydrogen-bond acceptors (Lipinski definition) is 5. The number of rotatable bonds is 5. The van der Waals surface area contributed by atoms with Gasteiger partial charge in [-0.05, 0) is 30.7 Å². The number of aryl methyl sites for hydroxylation is 1. The number of anilines is 1. The summed E-state index contributed by atoms with van der Waals surface area (Å²) >= 11 is 6.00. The normalized spacial score (nSPS) is 14.5. The highest BCUT2D eigenvalue weighted by Gasteiger charge is 2.34. The zero-order chi connectivity index (χ0) is 16.3. The largest absolute Gasteiger partial charge is 0.466 e. The van der Waals surface area contributed by atoms with E-state index in [1.807, 2.05) is 13.0 Å². The molecule has 1 aromatic carbocycles. The molecule has 0 bridgehead atoms. The second kappa shape index (κ2) is 6.81. The third-order valence-electron chi connectivity index (χ3n) is 3.27. The number of carbonyl (C=O) groups is 2. The third kappa shape index (κ3) is 3.40. The molecule has 1 amide bonds. The Kier molecular flexibility index (Phi) is 5.05. The minimum absolute atomic E-state index is 0.105. The van der Waals surface area contributed by atoms with E-state index in [4.69, 9.17) is 21.4 Å². The van der Waals surface area contributed by atoms with Crippen molar-refractivity contribution in [2.45, 2.75) is 6.92 Å². The summed E-state index contributed by atoms with van der Waals surface area (Å²) in [5.41, 5.74) is 1.93. The highest BCUT2D eigenvalue weighted by atomic mass is 35.5. The Hall–Kier alpha value is -2.05. The van der Waals surface area contributed by atoms with E-state index in [0.717, 1.165) is 5.56 Å². The van der Waals surface area contributed by atoms with Gasteiger partial charge in [0.1, 0.15) is 5.70 Å². The summed E-state index contributed by atoms with van der Waals surface area (Å²) in [5.74, 6) is -0.929. The van der Waals surface area contributed by atoms with E-state index < -0.39 is 5.97 Å². The van der Waals surface area contributed by atoms with Crippen molar-refractivity contribution in [2.24, 2.45) is 0 Å². The van der Waals surface area contributed by atoms with Gasteiger partial charge in [-0.15, -0.1) is 0 Å². The van der Waals surface area contributed by atoms with Crippen LogP contribution in [0, 0.1) is 6.92 Å². The summed E-state index contributed by atoms with van der Waals surface area (Å²) in [5, 5.41) is 12.5. The summed E-state index contributed by atoms with van der Waals surface area (Å²) in [4.78, 5) is 25.6. The number of ether oxygens (including phenoxy) is 1. The van der Waals surface area contributed by atoms with Crippen molar-refractivity contribution in [3.8, 4) is 0 Å². The minimum atomic E-state index is -0.574. The maximum absolute atomic E-state index is 12.4. The van der Waals surface area contributed by atoms with E-state index in [1.54, 1.807) is 12.1 Å². The molecule has 118 valence electrons. The highest BCUT2D eigenvalue weighted by molar-refractivity contribution is 6.31. The van der Waals surface area contributed by atoms with Crippen LogP contribution in [0.5, 0.6) is 0 Å². The molecule has 0 unspecified atom stereocenters. The van der Waals surface area contributed by atoms with Gasteiger partial charge in [0.25, 0.3) is 5.91 Å². The number of aliphatic hydroxyl groups is 1. The maximum atomic E-state index is 12.4. The van der Waals surface area contributed by atoms with Gasteiger partial charge in [0.15, 0.2) is 0 Å². The molecule has 0 saturated carbocycles. The van der Waals surface area contributed by atoms with E-state index in [9.17, 15) is 9.59 Å². The molecule has 1 aromatic rings. The SMILES string of the molecule is COC(=O)C1=C(Nc2cc(C)cc(Cl)c2)C(=O)N(CCO)C1. The van der Waals surface area contributed by atoms with Crippen LogP contribution in [-0.2, 0) is 14.3 Å². The Morgan fingerprint density at radius 3 is 2.77 bits per heavy atom. The van der Waals surface area contributed by atoms with E-state index in [-0.39, 0.29) is 36.9 Å². The third-order valence-corrected chi connectivity index (χ3v) is 3.48. The van der Waals surface area contributed by atoms with Gasteiger partial charge in [0.05, 0.1) is 25.8 Å². The lowest BCUT2D eigenvalue weighted by atomic mass is 10.2. The topological polar surface area (TPSA) is 78.9 Å². The van der Waals surface area contributed by atoms with Crippen molar-refractivity contribution in [3.05, 3.63) is 40.1 Å². The van der Waals surface area contributed by atoms with E-state index in [1.165, 1.54) is 12.0 Å². The van der Waals surface area contributed by atoms with Gasteiger partial charge in [-0.1, -0.05) is 11.6 Å². The first-order valence-electron chi connectivity index (χ1n) is 6.72.